The molecule has 1 atom stereocenters. The van der Waals surface area contributed by atoms with Crippen molar-refractivity contribution in [2.75, 3.05) is 71.0 Å². The molecular weight excluding hydrogens is 759 g/mol. The molecule has 1 aliphatic rings. The molecule has 0 radical (unpaired) electrons. The summed E-state index contributed by atoms with van der Waals surface area (Å²) in [6, 6.07) is 7.21. The van der Waals surface area contributed by atoms with E-state index in [4.69, 9.17) is 47.9 Å². The maximum absolute atomic E-state index is 12.0. The van der Waals surface area contributed by atoms with Crippen molar-refractivity contribution in [3.8, 4) is 23.0 Å². The van der Waals surface area contributed by atoms with Gasteiger partial charge in [-0.05, 0) is 74.0 Å². The van der Waals surface area contributed by atoms with Crippen LogP contribution in [0.15, 0.2) is 24.3 Å². The molecule has 2 aromatic heterocycles. The van der Waals surface area contributed by atoms with E-state index in [-0.39, 0.29) is 31.3 Å². The van der Waals surface area contributed by atoms with Gasteiger partial charge in [0.2, 0.25) is 16.5 Å². The fraction of sp³-hybridized carbons (Fsp3) is 0.528. The first kappa shape index (κ1) is 45.8. The molecule has 0 bridgehead atoms. The lowest BCUT2D eigenvalue weighted by Gasteiger charge is -2.13. The second kappa shape index (κ2) is 24.1. The number of unbranched alkanes of at least 4 members (excludes halogenated alkanes) is 1. The predicted octanol–water partition coefficient (Wildman–Crippen LogP) is 8.27. The Balaban J connectivity index is 0.000000385. The average Bonchev–Trinajstić information content (AvgIpc) is 3.66. The van der Waals surface area contributed by atoms with Crippen LogP contribution in [-0.4, -0.2) is 91.5 Å². The number of ether oxygens (including phenoxy) is 4. The molecule has 2 aromatic carbocycles. The third kappa shape index (κ3) is 13.8. The number of aromatic nitrogens is 4. The minimum atomic E-state index is 0. The fourth-order valence-electron chi connectivity index (χ4n) is 5.27. The first-order chi connectivity index (χ1) is 24.8. The molecule has 1 amide bonds. The standard InChI is InChI=1S/C21H29ClN4O3S2.C13H17ClN4O2.2CH4/c1-28-17-12-15-16(13-18(17)29-2)25-21(22)26-20(15)24-10-5-9-23-19(27)7-4-3-6-14-8-11-30-31-14;1-19-10-6-8-9(7-11(10)20-2)17-13(14)18-12(8)16-5-3-4-15;;/h12-14H,3-11H2,1-2H3,(H,23,27)(H,24,25,26);6-7H,3-5,15H2,1-2H3,(H,16,17,18);2*1H4. The van der Waals surface area contributed by atoms with Crippen LogP contribution in [0.25, 0.3) is 21.8 Å². The van der Waals surface area contributed by atoms with E-state index in [1.165, 1.54) is 18.6 Å². The molecule has 17 heteroatoms. The summed E-state index contributed by atoms with van der Waals surface area (Å²) < 4.78 is 21.3. The molecule has 0 spiro atoms. The fourth-order valence-corrected chi connectivity index (χ4v) is 8.65. The van der Waals surface area contributed by atoms with Crippen LogP contribution in [0.5, 0.6) is 23.0 Å². The van der Waals surface area contributed by atoms with Crippen LogP contribution in [0.4, 0.5) is 11.6 Å². The number of methoxy groups -OCH3 is 4. The van der Waals surface area contributed by atoms with Crippen LogP contribution < -0.4 is 40.6 Å². The molecule has 53 heavy (non-hydrogen) atoms. The molecule has 294 valence electrons. The molecular formula is C36H54Cl2N8O5S2. The van der Waals surface area contributed by atoms with Gasteiger partial charge in [-0.1, -0.05) is 42.9 Å². The van der Waals surface area contributed by atoms with Crippen LogP contribution >= 0.6 is 44.8 Å². The van der Waals surface area contributed by atoms with E-state index in [1.54, 1.807) is 40.6 Å². The van der Waals surface area contributed by atoms with Crippen molar-refractivity contribution in [2.24, 2.45) is 5.73 Å². The van der Waals surface area contributed by atoms with Crippen molar-refractivity contribution in [3.05, 3.63) is 34.8 Å². The SMILES string of the molecule is C.C.COc1cc2nc(Cl)nc(NCCCN)c2cc1OC.COc1cc2nc(Cl)nc(NCCCNC(=O)CCCCC3CCSS3)c2cc1OC. The molecule has 5 N–H and O–H groups in total. The number of fused-ring (bicyclic) bond motifs is 2. The summed E-state index contributed by atoms with van der Waals surface area (Å²) in [5.41, 5.74) is 6.85. The number of nitrogens with one attached hydrogen (secondary N) is 3. The highest BCUT2D eigenvalue weighted by atomic mass is 35.5. The number of hydrogen-bond acceptors (Lipinski definition) is 14. The monoisotopic (exact) mass is 812 g/mol. The lowest BCUT2D eigenvalue weighted by Crippen LogP contribution is -2.25. The van der Waals surface area contributed by atoms with Gasteiger partial charge < -0.3 is 40.6 Å². The van der Waals surface area contributed by atoms with Gasteiger partial charge in [0.1, 0.15) is 11.6 Å². The Hall–Kier alpha value is -3.37. The van der Waals surface area contributed by atoms with Gasteiger partial charge >= 0.3 is 0 Å². The summed E-state index contributed by atoms with van der Waals surface area (Å²) in [6.07, 6.45) is 6.84. The number of nitrogens with zero attached hydrogens (tertiary/aromatic N) is 4. The summed E-state index contributed by atoms with van der Waals surface area (Å²) in [7, 11) is 10.3. The maximum Gasteiger partial charge on any atom is 0.224 e. The van der Waals surface area contributed by atoms with Gasteiger partial charge in [-0.3, -0.25) is 4.79 Å². The molecule has 13 nitrogen and oxygen atoms in total. The number of halogens is 2. The molecule has 1 unspecified atom stereocenters. The van der Waals surface area contributed by atoms with E-state index < -0.39 is 0 Å². The van der Waals surface area contributed by atoms with Gasteiger partial charge in [0.05, 0.1) is 39.5 Å². The number of nitrogens with two attached hydrogens (primary N) is 1. The molecule has 3 heterocycles. The third-order valence-corrected chi connectivity index (χ3v) is 11.2. The molecule has 0 aliphatic carbocycles. The number of carbonyl (C=O) groups excluding carboxylic acids is 1. The molecule has 0 saturated carbocycles. The van der Waals surface area contributed by atoms with Crippen molar-refractivity contribution < 1.29 is 23.7 Å². The maximum atomic E-state index is 12.0. The van der Waals surface area contributed by atoms with E-state index in [2.05, 4.69) is 35.9 Å². The van der Waals surface area contributed by atoms with Gasteiger partial charge in [0.15, 0.2) is 23.0 Å². The molecule has 1 aliphatic heterocycles. The zero-order chi connectivity index (χ0) is 36.6. The first-order valence-electron chi connectivity index (χ1n) is 16.7. The van der Waals surface area contributed by atoms with Crippen LogP contribution in [-0.2, 0) is 4.79 Å². The van der Waals surface area contributed by atoms with E-state index in [0.717, 1.165) is 41.7 Å². The van der Waals surface area contributed by atoms with E-state index >= 15 is 0 Å². The molecule has 1 fully saturated rings. The molecule has 4 aromatic rings. The summed E-state index contributed by atoms with van der Waals surface area (Å²) in [5, 5.41) is 12.2. The van der Waals surface area contributed by atoms with Crippen LogP contribution in [0.1, 0.15) is 59.8 Å². The van der Waals surface area contributed by atoms with Crippen molar-refractivity contribution in [2.45, 2.75) is 65.0 Å². The number of amides is 1. The van der Waals surface area contributed by atoms with E-state index in [1.807, 2.05) is 33.7 Å². The quantitative estimate of drug-likeness (QED) is 0.0431. The number of benzene rings is 2. The van der Waals surface area contributed by atoms with Crippen LogP contribution in [0.3, 0.4) is 0 Å². The largest absolute Gasteiger partial charge is 0.493 e. The van der Waals surface area contributed by atoms with Crippen LogP contribution in [0, 0.1) is 0 Å². The van der Waals surface area contributed by atoms with Gasteiger partial charge in [-0.2, -0.15) is 0 Å². The Bertz CT molecular complexity index is 1740. The third-order valence-electron chi connectivity index (χ3n) is 7.90. The van der Waals surface area contributed by atoms with Gasteiger partial charge in [-0.15, -0.1) is 0 Å². The van der Waals surface area contributed by atoms with Crippen molar-refractivity contribution in [1.82, 2.24) is 25.3 Å². The Labute approximate surface area is 331 Å². The Morgan fingerprint density at radius 3 is 1.74 bits per heavy atom. The Morgan fingerprint density at radius 2 is 1.26 bits per heavy atom. The minimum Gasteiger partial charge on any atom is -0.493 e. The normalized spacial score (nSPS) is 13.2. The van der Waals surface area contributed by atoms with E-state index in [9.17, 15) is 4.79 Å². The molecule has 5 rings (SSSR count). The Kier molecular flexibility index (Phi) is 20.8. The number of carbonyl (C=O) groups is 1. The predicted molar refractivity (Wildman–Crippen MR) is 224 cm³/mol. The summed E-state index contributed by atoms with van der Waals surface area (Å²) in [4.78, 5) is 29.0. The number of anilines is 2. The van der Waals surface area contributed by atoms with E-state index in [0.29, 0.717) is 78.3 Å². The summed E-state index contributed by atoms with van der Waals surface area (Å²) in [5.74, 6) is 5.08. The van der Waals surface area contributed by atoms with Gasteiger partial charge in [0, 0.05) is 60.0 Å². The first-order valence-corrected chi connectivity index (χ1v) is 19.8. The zero-order valence-electron chi connectivity index (χ0n) is 29.4. The second-order valence-electron chi connectivity index (χ2n) is 11.4. The average molecular weight is 814 g/mol. The lowest BCUT2D eigenvalue weighted by molar-refractivity contribution is -0.121. The zero-order valence-corrected chi connectivity index (χ0v) is 32.5. The highest BCUT2D eigenvalue weighted by Crippen LogP contribution is 2.40. The second-order valence-corrected chi connectivity index (χ2v) is 14.9. The molecule has 1 saturated heterocycles. The summed E-state index contributed by atoms with van der Waals surface area (Å²) >= 11 is 12.0. The van der Waals surface area contributed by atoms with Gasteiger partial charge in [-0.25, -0.2) is 19.9 Å². The Morgan fingerprint density at radius 1 is 0.755 bits per heavy atom. The van der Waals surface area contributed by atoms with Crippen molar-refractivity contribution in [1.29, 1.82) is 0 Å². The highest BCUT2D eigenvalue weighted by molar-refractivity contribution is 8.77. The number of rotatable bonds is 18. The van der Waals surface area contributed by atoms with Crippen molar-refractivity contribution >= 4 is 84.1 Å². The highest BCUT2D eigenvalue weighted by Gasteiger charge is 2.16. The topological polar surface area (TPSA) is 168 Å². The van der Waals surface area contributed by atoms with Gasteiger partial charge in [0.25, 0.3) is 0 Å². The van der Waals surface area contributed by atoms with Crippen LogP contribution in [0.2, 0.25) is 10.6 Å². The minimum absolute atomic E-state index is 0. The smallest absolute Gasteiger partial charge is 0.224 e. The number of hydrogen-bond donors (Lipinski definition) is 4. The lowest BCUT2D eigenvalue weighted by atomic mass is 10.1. The summed E-state index contributed by atoms with van der Waals surface area (Å²) in [6.45, 7) is 2.59. The van der Waals surface area contributed by atoms with Crippen molar-refractivity contribution in [3.63, 3.8) is 0 Å².